The molecule has 1 N–H and O–H groups in total. The Bertz CT molecular complexity index is 579. The summed E-state index contributed by atoms with van der Waals surface area (Å²) in [7, 11) is 2.18. The molecule has 2 aliphatic rings. The van der Waals surface area contributed by atoms with Gasteiger partial charge in [-0.3, -0.25) is 4.79 Å². The maximum Gasteiger partial charge on any atom is 0.228 e. The molecule has 0 radical (unpaired) electrons. The van der Waals surface area contributed by atoms with Crippen LogP contribution in [0.2, 0.25) is 0 Å². The van der Waals surface area contributed by atoms with Crippen LogP contribution < -0.4 is 0 Å². The summed E-state index contributed by atoms with van der Waals surface area (Å²) in [6.45, 7) is 9.00. The summed E-state index contributed by atoms with van der Waals surface area (Å²) >= 11 is 1.59. The second-order valence-corrected chi connectivity index (χ2v) is 8.56. The van der Waals surface area contributed by atoms with Crippen molar-refractivity contribution in [3.8, 4) is 0 Å². The van der Waals surface area contributed by atoms with Gasteiger partial charge in [0, 0.05) is 50.6 Å². The van der Waals surface area contributed by atoms with E-state index in [4.69, 9.17) is 0 Å². The lowest BCUT2D eigenvalue weighted by Gasteiger charge is -2.26. The lowest BCUT2D eigenvalue weighted by Crippen LogP contribution is -2.36. The average molecular weight is 367 g/mol. The number of aliphatic hydroxyl groups excluding tert-OH is 1. The molecule has 7 heteroatoms. The number of likely N-dealkylation sites (N-methyl/N-ethyl adjacent to an activating group) is 1. The molecule has 0 bridgehead atoms. The van der Waals surface area contributed by atoms with Crippen LogP contribution in [0, 0.1) is 18.8 Å². The minimum atomic E-state index is 0.141. The van der Waals surface area contributed by atoms with Crippen LogP contribution in [-0.4, -0.2) is 90.2 Å². The van der Waals surface area contributed by atoms with E-state index in [-0.39, 0.29) is 18.4 Å². The predicted octanol–water partition coefficient (Wildman–Crippen LogP) is 0.698. The van der Waals surface area contributed by atoms with Crippen LogP contribution in [-0.2, 0) is 11.2 Å². The summed E-state index contributed by atoms with van der Waals surface area (Å²) in [6, 6.07) is 0. The smallest absolute Gasteiger partial charge is 0.228 e. The number of rotatable bonds is 5. The predicted molar refractivity (Wildman–Crippen MR) is 99.8 cm³/mol. The van der Waals surface area contributed by atoms with Crippen LogP contribution in [0.1, 0.15) is 17.1 Å². The number of hydrogen-bond acceptors (Lipinski definition) is 6. The summed E-state index contributed by atoms with van der Waals surface area (Å²) in [6.07, 6.45) is 1.57. The van der Waals surface area contributed by atoms with Crippen molar-refractivity contribution in [2.24, 2.45) is 11.8 Å². The second-order valence-electron chi connectivity index (χ2n) is 7.49. The van der Waals surface area contributed by atoms with E-state index in [1.54, 1.807) is 11.3 Å². The first kappa shape index (κ1) is 18.8. The van der Waals surface area contributed by atoms with E-state index in [1.807, 2.05) is 17.2 Å². The van der Waals surface area contributed by atoms with E-state index in [9.17, 15) is 9.90 Å². The van der Waals surface area contributed by atoms with Gasteiger partial charge in [-0.05, 0) is 39.4 Å². The maximum atomic E-state index is 12.6. The molecule has 0 aromatic carbocycles. The third-order valence-electron chi connectivity index (χ3n) is 5.47. The van der Waals surface area contributed by atoms with Crippen LogP contribution in [0.5, 0.6) is 0 Å². The van der Waals surface area contributed by atoms with Crippen LogP contribution in [0.3, 0.4) is 0 Å². The molecule has 0 unspecified atom stereocenters. The van der Waals surface area contributed by atoms with Gasteiger partial charge in [-0.2, -0.15) is 0 Å². The molecule has 25 heavy (non-hydrogen) atoms. The average Bonchev–Trinajstić information content (AvgIpc) is 3.12. The van der Waals surface area contributed by atoms with E-state index in [2.05, 4.69) is 21.8 Å². The van der Waals surface area contributed by atoms with Gasteiger partial charge in [0.25, 0.3) is 0 Å². The van der Waals surface area contributed by atoms with E-state index in [1.165, 1.54) is 6.42 Å². The maximum absolute atomic E-state index is 12.6. The van der Waals surface area contributed by atoms with Gasteiger partial charge >= 0.3 is 0 Å². The number of likely N-dealkylation sites (tertiary alicyclic amines) is 1. The van der Waals surface area contributed by atoms with Crippen LogP contribution in [0.25, 0.3) is 0 Å². The summed E-state index contributed by atoms with van der Waals surface area (Å²) in [5, 5.41) is 12.8. The molecule has 0 aliphatic carbocycles. The highest BCUT2D eigenvalue weighted by atomic mass is 32.1. The van der Waals surface area contributed by atoms with Crippen molar-refractivity contribution in [3.63, 3.8) is 0 Å². The number of amides is 1. The van der Waals surface area contributed by atoms with Gasteiger partial charge < -0.3 is 19.8 Å². The Morgan fingerprint density at radius 3 is 2.80 bits per heavy atom. The van der Waals surface area contributed by atoms with Crippen LogP contribution in [0.15, 0.2) is 5.38 Å². The van der Waals surface area contributed by atoms with Crippen LogP contribution >= 0.6 is 11.3 Å². The molecular weight excluding hydrogens is 336 g/mol. The monoisotopic (exact) mass is 366 g/mol. The topological polar surface area (TPSA) is 59.9 Å². The Balaban J connectivity index is 1.55. The number of aromatic nitrogens is 1. The third kappa shape index (κ3) is 5.00. The van der Waals surface area contributed by atoms with E-state index >= 15 is 0 Å². The highest BCUT2D eigenvalue weighted by Crippen LogP contribution is 2.25. The fourth-order valence-electron chi connectivity index (χ4n) is 3.93. The van der Waals surface area contributed by atoms with Gasteiger partial charge in [0.1, 0.15) is 0 Å². The number of nitrogens with zero attached hydrogens (tertiary/aromatic N) is 4. The zero-order valence-electron chi connectivity index (χ0n) is 15.4. The normalized spacial score (nSPS) is 26.1. The number of aliphatic hydroxyl groups is 1. The molecule has 1 aromatic rings. The number of carbonyl (C=O) groups excluding carboxylic acids is 1. The highest BCUT2D eigenvalue weighted by Gasteiger charge is 2.35. The fourth-order valence-corrected chi connectivity index (χ4v) is 4.54. The van der Waals surface area contributed by atoms with Crippen molar-refractivity contribution in [2.45, 2.75) is 19.8 Å². The van der Waals surface area contributed by atoms with Gasteiger partial charge in [-0.25, -0.2) is 4.98 Å². The Hall–Kier alpha value is -1.02. The fraction of sp³-hybridized carbons (Fsp3) is 0.778. The largest absolute Gasteiger partial charge is 0.396 e. The summed E-state index contributed by atoms with van der Waals surface area (Å²) in [5.41, 5.74) is 0.868. The molecule has 140 valence electrons. The number of carbonyl (C=O) groups is 1. The lowest BCUT2D eigenvalue weighted by molar-refractivity contribution is -0.129. The number of thiazole rings is 1. The van der Waals surface area contributed by atoms with Crippen molar-refractivity contribution >= 4 is 17.2 Å². The molecule has 2 aliphatic heterocycles. The Morgan fingerprint density at radius 1 is 1.28 bits per heavy atom. The quantitative estimate of drug-likeness (QED) is 0.831. The van der Waals surface area contributed by atoms with Crippen molar-refractivity contribution in [2.75, 3.05) is 59.5 Å². The molecule has 0 spiro atoms. The van der Waals surface area contributed by atoms with Crippen molar-refractivity contribution in [1.29, 1.82) is 0 Å². The molecule has 2 saturated heterocycles. The molecule has 2 atom stereocenters. The number of hydrogen-bond donors (Lipinski definition) is 1. The Labute approximate surface area is 154 Å². The molecular formula is C18H30N4O2S. The van der Waals surface area contributed by atoms with Gasteiger partial charge in [-0.1, -0.05) is 0 Å². The first-order valence-electron chi connectivity index (χ1n) is 9.25. The molecule has 3 rings (SSSR count). The minimum absolute atomic E-state index is 0.141. The van der Waals surface area contributed by atoms with Gasteiger partial charge in [-0.15, -0.1) is 11.3 Å². The zero-order valence-corrected chi connectivity index (χ0v) is 16.2. The third-order valence-corrected chi connectivity index (χ3v) is 6.29. The zero-order chi connectivity index (χ0) is 17.8. The number of aryl methyl sites for hydroxylation is 1. The highest BCUT2D eigenvalue weighted by molar-refractivity contribution is 7.09. The van der Waals surface area contributed by atoms with Crippen LogP contribution in [0.4, 0.5) is 0 Å². The first-order chi connectivity index (χ1) is 12.0. The van der Waals surface area contributed by atoms with Gasteiger partial charge in [0.15, 0.2) is 0 Å². The first-order valence-corrected chi connectivity index (χ1v) is 10.1. The van der Waals surface area contributed by atoms with Gasteiger partial charge in [0.05, 0.1) is 17.1 Å². The molecule has 1 aromatic heterocycles. The van der Waals surface area contributed by atoms with Crippen molar-refractivity contribution < 1.29 is 9.90 Å². The van der Waals surface area contributed by atoms with E-state index in [0.717, 1.165) is 50.0 Å². The summed E-state index contributed by atoms with van der Waals surface area (Å²) in [4.78, 5) is 23.8. The Morgan fingerprint density at radius 2 is 2.08 bits per heavy atom. The lowest BCUT2D eigenvalue weighted by atomic mass is 9.96. The second kappa shape index (κ2) is 8.58. The minimum Gasteiger partial charge on any atom is -0.396 e. The molecule has 3 heterocycles. The Kier molecular flexibility index (Phi) is 6.44. The van der Waals surface area contributed by atoms with E-state index < -0.39 is 0 Å². The molecule has 2 fully saturated rings. The van der Waals surface area contributed by atoms with Gasteiger partial charge in [0.2, 0.25) is 5.91 Å². The molecule has 6 nitrogen and oxygen atoms in total. The summed E-state index contributed by atoms with van der Waals surface area (Å²) in [5.74, 6) is 0.707. The molecule has 0 saturated carbocycles. The SMILES string of the molecule is Cc1nc(CC(=O)N2C[C@@H](CN3CCCN(C)CC3)[C@@H](CO)C2)cs1. The summed E-state index contributed by atoms with van der Waals surface area (Å²) < 4.78 is 0. The van der Waals surface area contributed by atoms with E-state index in [0.29, 0.717) is 18.9 Å². The standard InChI is InChI=1S/C18H30N4O2S/c1-14-19-17(13-25-14)8-18(24)22-10-15(16(11-22)12-23)9-21-5-3-4-20(2)6-7-21/h13,15-16,23H,3-12H2,1-2H3/t15-,16-/m1/s1. The molecule has 1 amide bonds. The van der Waals surface area contributed by atoms with Crippen molar-refractivity contribution in [3.05, 3.63) is 16.1 Å². The van der Waals surface area contributed by atoms with Crippen molar-refractivity contribution in [1.82, 2.24) is 19.7 Å².